The van der Waals surface area contributed by atoms with Gasteiger partial charge in [-0.2, -0.15) is 0 Å². The Bertz CT molecular complexity index is 427. The largest absolute Gasteiger partial charge is 0.389 e. The highest BCUT2D eigenvalue weighted by Gasteiger charge is 2.28. The Labute approximate surface area is 107 Å². The summed E-state index contributed by atoms with van der Waals surface area (Å²) < 4.78 is 5.25. The average Bonchev–Trinajstić information content (AvgIpc) is 2.22. The third-order valence-corrected chi connectivity index (χ3v) is 3.51. The quantitative estimate of drug-likeness (QED) is 0.804. The van der Waals surface area contributed by atoms with E-state index in [1.54, 1.807) is 7.11 Å². The summed E-state index contributed by atoms with van der Waals surface area (Å²) in [4.78, 5) is 0.456. The maximum atomic E-state index is 5.63. The fourth-order valence-electron chi connectivity index (χ4n) is 2.14. The van der Waals surface area contributed by atoms with Crippen molar-refractivity contribution in [2.75, 3.05) is 12.4 Å². The molecule has 0 atom stereocenters. The first kappa shape index (κ1) is 12.3. The highest BCUT2D eigenvalue weighted by atomic mass is 32.1. The van der Waals surface area contributed by atoms with Crippen molar-refractivity contribution in [1.82, 2.24) is 0 Å². The van der Waals surface area contributed by atoms with Crippen LogP contribution < -0.4 is 11.1 Å². The van der Waals surface area contributed by atoms with Gasteiger partial charge in [0.05, 0.1) is 6.10 Å². The molecule has 2 rings (SSSR count). The fraction of sp³-hybridized carbons (Fsp3) is 0.462. The van der Waals surface area contributed by atoms with E-state index in [0.29, 0.717) is 17.1 Å². The summed E-state index contributed by atoms with van der Waals surface area (Å²) in [7, 11) is 1.77. The van der Waals surface area contributed by atoms with E-state index in [9.17, 15) is 0 Å². The lowest BCUT2D eigenvalue weighted by Crippen LogP contribution is -2.40. The molecule has 4 heteroatoms. The van der Waals surface area contributed by atoms with Gasteiger partial charge < -0.3 is 15.8 Å². The number of nitrogens with two attached hydrogens (primary N) is 1. The lowest BCUT2D eigenvalue weighted by Gasteiger charge is -2.35. The molecule has 1 aliphatic rings. The molecular formula is C13H18N2OS. The van der Waals surface area contributed by atoms with E-state index in [2.05, 4.69) is 11.4 Å². The first-order valence-corrected chi connectivity index (χ1v) is 6.20. The molecule has 1 aromatic rings. The maximum Gasteiger partial charge on any atom is 0.104 e. The fourth-order valence-corrected chi connectivity index (χ4v) is 2.37. The van der Waals surface area contributed by atoms with Crippen LogP contribution in [0.3, 0.4) is 0 Å². The molecule has 1 fully saturated rings. The van der Waals surface area contributed by atoms with Gasteiger partial charge in [-0.25, -0.2) is 0 Å². The van der Waals surface area contributed by atoms with Gasteiger partial charge in [0.2, 0.25) is 0 Å². The van der Waals surface area contributed by atoms with Crippen LogP contribution in [0.5, 0.6) is 0 Å². The minimum Gasteiger partial charge on any atom is -0.389 e. The smallest absolute Gasteiger partial charge is 0.104 e. The van der Waals surface area contributed by atoms with Gasteiger partial charge in [0.15, 0.2) is 0 Å². The SMILES string of the molecule is COC1CC(Nc2ccc(C(N)=S)c(C)c2)C1. The number of thiocarbonyl (C=S) groups is 1. The van der Waals surface area contributed by atoms with Crippen molar-refractivity contribution in [3.63, 3.8) is 0 Å². The number of hydrogen-bond acceptors (Lipinski definition) is 3. The highest BCUT2D eigenvalue weighted by Crippen LogP contribution is 2.27. The summed E-state index contributed by atoms with van der Waals surface area (Å²) in [6.45, 7) is 2.03. The summed E-state index contributed by atoms with van der Waals surface area (Å²) in [5.74, 6) is 0. The summed E-state index contributed by atoms with van der Waals surface area (Å²) in [5, 5.41) is 3.49. The standard InChI is InChI=1S/C13H18N2OS/c1-8-5-9(3-4-12(8)13(14)17)15-10-6-11(7-10)16-2/h3-5,10-11,15H,6-7H2,1-2H3,(H2,14,17). The normalized spacial score (nSPS) is 22.9. The molecule has 1 saturated carbocycles. The van der Waals surface area contributed by atoms with E-state index >= 15 is 0 Å². The zero-order valence-electron chi connectivity index (χ0n) is 10.2. The number of rotatable bonds is 4. The van der Waals surface area contributed by atoms with Crippen LogP contribution in [-0.2, 0) is 4.74 Å². The monoisotopic (exact) mass is 250 g/mol. The van der Waals surface area contributed by atoms with Gasteiger partial charge in [-0.3, -0.25) is 0 Å². The van der Waals surface area contributed by atoms with Crippen molar-refractivity contribution in [1.29, 1.82) is 0 Å². The summed E-state index contributed by atoms with van der Waals surface area (Å²) in [6.07, 6.45) is 2.57. The summed E-state index contributed by atoms with van der Waals surface area (Å²) in [6, 6.07) is 6.62. The van der Waals surface area contributed by atoms with Gasteiger partial charge in [0.1, 0.15) is 4.99 Å². The zero-order valence-corrected chi connectivity index (χ0v) is 11.0. The zero-order chi connectivity index (χ0) is 12.4. The average molecular weight is 250 g/mol. The number of ether oxygens (including phenoxy) is 1. The number of anilines is 1. The van der Waals surface area contributed by atoms with E-state index in [1.165, 1.54) is 0 Å². The van der Waals surface area contributed by atoms with Crippen LogP contribution in [0.4, 0.5) is 5.69 Å². The first-order valence-electron chi connectivity index (χ1n) is 5.80. The predicted molar refractivity (Wildman–Crippen MR) is 74.5 cm³/mol. The van der Waals surface area contributed by atoms with Crippen LogP contribution in [0.1, 0.15) is 24.0 Å². The van der Waals surface area contributed by atoms with Crippen LogP contribution in [0.15, 0.2) is 18.2 Å². The lowest BCUT2D eigenvalue weighted by molar-refractivity contribution is 0.0329. The summed E-state index contributed by atoms with van der Waals surface area (Å²) in [5.41, 5.74) is 8.83. The minimum absolute atomic E-state index is 0.421. The number of methoxy groups -OCH3 is 1. The molecule has 3 N–H and O–H groups in total. The third-order valence-electron chi connectivity index (χ3n) is 3.29. The van der Waals surface area contributed by atoms with E-state index in [4.69, 9.17) is 22.7 Å². The van der Waals surface area contributed by atoms with E-state index in [0.717, 1.165) is 29.7 Å². The van der Waals surface area contributed by atoms with Gasteiger partial charge in [-0.05, 0) is 43.5 Å². The van der Waals surface area contributed by atoms with Crippen molar-refractivity contribution >= 4 is 22.9 Å². The Morgan fingerprint density at radius 2 is 2.18 bits per heavy atom. The first-order chi connectivity index (χ1) is 8.10. The van der Waals surface area contributed by atoms with Gasteiger partial charge in [0, 0.05) is 24.4 Å². The van der Waals surface area contributed by atoms with Crippen LogP contribution >= 0.6 is 12.2 Å². The molecule has 0 saturated heterocycles. The Kier molecular flexibility index (Phi) is 3.64. The molecular weight excluding hydrogens is 232 g/mol. The number of aryl methyl sites for hydroxylation is 1. The van der Waals surface area contributed by atoms with Crippen molar-refractivity contribution in [3.8, 4) is 0 Å². The molecule has 1 aliphatic carbocycles. The number of benzene rings is 1. The Morgan fingerprint density at radius 3 is 2.71 bits per heavy atom. The number of hydrogen-bond donors (Lipinski definition) is 2. The predicted octanol–water partition coefficient (Wildman–Crippen LogP) is 2.22. The second-order valence-electron chi connectivity index (χ2n) is 4.56. The Balaban J connectivity index is 1.99. The van der Waals surface area contributed by atoms with E-state index in [-0.39, 0.29) is 0 Å². The molecule has 0 radical (unpaired) electrons. The molecule has 92 valence electrons. The summed E-state index contributed by atoms with van der Waals surface area (Å²) >= 11 is 4.99. The molecule has 17 heavy (non-hydrogen) atoms. The lowest BCUT2D eigenvalue weighted by atomic mass is 9.89. The van der Waals surface area contributed by atoms with Crippen molar-refractivity contribution in [3.05, 3.63) is 29.3 Å². The van der Waals surface area contributed by atoms with Crippen LogP contribution in [0, 0.1) is 6.92 Å². The molecule has 0 spiro atoms. The van der Waals surface area contributed by atoms with Gasteiger partial charge in [0.25, 0.3) is 0 Å². The molecule has 3 nitrogen and oxygen atoms in total. The van der Waals surface area contributed by atoms with Crippen molar-refractivity contribution in [2.45, 2.75) is 31.9 Å². The second-order valence-corrected chi connectivity index (χ2v) is 5.00. The Morgan fingerprint density at radius 1 is 1.47 bits per heavy atom. The van der Waals surface area contributed by atoms with Crippen LogP contribution in [0.2, 0.25) is 0 Å². The third kappa shape index (κ3) is 2.76. The Hall–Kier alpha value is -1.13. The molecule has 0 amide bonds. The van der Waals surface area contributed by atoms with E-state index < -0.39 is 0 Å². The number of nitrogens with one attached hydrogen (secondary N) is 1. The molecule has 0 unspecified atom stereocenters. The van der Waals surface area contributed by atoms with Crippen LogP contribution in [-0.4, -0.2) is 24.2 Å². The van der Waals surface area contributed by atoms with Crippen LogP contribution in [0.25, 0.3) is 0 Å². The second kappa shape index (κ2) is 5.02. The topological polar surface area (TPSA) is 47.3 Å². The van der Waals surface area contributed by atoms with E-state index in [1.807, 2.05) is 19.1 Å². The van der Waals surface area contributed by atoms with Gasteiger partial charge in [-0.15, -0.1) is 0 Å². The molecule has 0 aliphatic heterocycles. The molecule has 0 heterocycles. The minimum atomic E-state index is 0.421. The van der Waals surface area contributed by atoms with Crippen molar-refractivity contribution < 1.29 is 4.74 Å². The molecule has 1 aromatic carbocycles. The van der Waals surface area contributed by atoms with Crippen molar-refractivity contribution in [2.24, 2.45) is 5.73 Å². The maximum absolute atomic E-state index is 5.63. The van der Waals surface area contributed by atoms with Gasteiger partial charge in [-0.1, -0.05) is 12.2 Å². The van der Waals surface area contributed by atoms with Gasteiger partial charge >= 0.3 is 0 Å². The molecule has 0 bridgehead atoms. The molecule has 0 aromatic heterocycles. The highest BCUT2D eigenvalue weighted by molar-refractivity contribution is 7.80.